The minimum atomic E-state index is -0.530. The Balaban J connectivity index is 2.09. The second kappa shape index (κ2) is 6.27. The fourth-order valence-electron chi connectivity index (χ4n) is 1.37. The molecule has 0 saturated heterocycles. The Morgan fingerprint density at radius 1 is 1.45 bits per heavy atom. The first-order chi connectivity index (χ1) is 9.58. The SMILES string of the molecule is O=C(N/N=C\c1cc([N+](=O)[O-])ccc1Cl)c1cccs1. The van der Waals surface area contributed by atoms with Crippen LogP contribution in [-0.4, -0.2) is 17.0 Å². The smallest absolute Gasteiger partial charge is 0.266 e. The van der Waals surface area contributed by atoms with Gasteiger partial charge in [-0.05, 0) is 17.5 Å². The molecule has 1 aromatic carbocycles. The van der Waals surface area contributed by atoms with Gasteiger partial charge in [-0.2, -0.15) is 5.10 Å². The molecule has 0 radical (unpaired) electrons. The first-order valence-electron chi connectivity index (χ1n) is 5.39. The fourth-order valence-corrected chi connectivity index (χ4v) is 2.15. The lowest BCUT2D eigenvalue weighted by Gasteiger charge is -1.99. The molecule has 0 saturated carbocycles. The Morgan fingerprint density at radius 3 is 2.90 bits per heavy atom. The normalized spacial score (nSPS) is 10.7. The van der Waals surface area contributed by atoms with Crippen molar-refractivity contribution in [2.75, 3.05) is 0 Å². The number of hydrogen-bond donors (Lipinski definition) is 1. The molecule has 0 bridgehead atoms. The second-order valence-corrected chi connectivity index (χ2v) is 4.99. The molecule has 0 aliphatic rings. The average Bonchev–Trinajstić information content (AvgIpc) is 2.94. The fraction of sp³-hybridized carbons (Fsp3) is 0. The number of thiophene rings is 1. The molecular weight excluding hydrogens is 302 g/mol. The zero-order valence-corrected chi connectivity index (χ0v) is 11.5. The van der Waals surface area contributed by atoms with Crippen molar-refractivity contribution in [3.05, 3.63) is 61.3 Å². The quantitative estimate of drug-likeness (QED) is 0.535. The van der Waals surface area contributed by atoms with E-state index in [1.807, 2.05) is 0 Å². The molecule has 0 spiro atoms. The Hall–Kier alpha value is -2.25. The minimum absolute atomic E-state index is 0.0968. The van der Waals surface area contributed by atoms with Gasteiger partial charge < -0.3 is 0 Å². The predicted octanol–water partition coefficient (Wildman–Crippen LogP) is 3.07. The molecule has 1 aromatic heterocycles. The number of benzene rings is 1. The summed E-state index contributed by atoms with van der Waals surface area (Å²) in [4.78, 5) is 22.2. The van der Waals surface area contributed by atoms with Crippen molar-refractivity contribution in [3.63, 3.8) is 0 Å². The van der Waals surface area contributed by atoms with Gasteiger partial charge in [0.05, 0.1) is 16.0 Å². The number of nitrogens with one attached hydrogen (secondary N) is 1. The van der Waals surface area contributed by atoms with Crippen molar-refractivity contribution in [3.8, 4) is 0 Å². The summed E-state index contributed by atoms with van der Waals surface area (Å²) in [7, 11) is 0. The van der Waals surface area contributed by atoms with Gasteiger partial charge >= 0.3 is 0 Å². The van der Waals surface area contributed by atoms with Crippen LogP contribution in [0.15, 0.2) is 40.8 Å². The lowest BCUT2D eigenvalue weighted by Crippen LogP contribution is -2.16. The molecule has 0 unspecified atom stereocenters. The standard InChI is InChI=1S/C12H8ClN3O3S/c13-10-4-3-9(16(18)19)6-8(10)7-14-15-12(17)11-2-1-5-20-11/h1-7H,(H,15,17)/b14-7-. The Bertz CT molecular complexity index is 671. The van der Waals surface area contributed by atoms with E-state index in [1.54, 1.807) is 17.5 Å². The molecule has 6 nitrogen and oxygen atoms in total. The van der Waals surface area contributed by atoms with E-state index in [2.05, 4.69) is 10.5 Å². The summed E-state index contributed by atoms with van der Waals surface area (Å²) < 4.78 is 0. The molecule has 8 heteroatoms. The Kier molecular flexibility index (Phi) is 4.44. The number of nitro groups is 1. The van der Waals surface area contributed by atoms with Gasteiger partial charge in [0.15, 0.2) is 0 Å². The molecule has 0 aliphatic heterocycles. The number of nitro benzene ring substituents is 1. The van der Waals surface area contributed by atoms with E-state index in [4.69, 9.17) is 11.6 Å². The van der Waals surface area contributed by atoms with E-state index in [-0.39, 0.29) is 11.6 Å². The van der Waals surface area contributed by atoms with Crippen LogP contribution in [0.4, 0.5) is 5.69 Å². The Morgan fingerprint density at radius 2 is 2.25 bits per heavy atom. The van der Waals surface area contributed by atoms with Gasteiger partial charge in [-0.3, -0.25) is 14.9 Å². The first kappa shape index (κ1) is 14.2. The lowest BCUT2D eigenvalue weighted by molar-refractivity contribution is -0.384. The summed E-state index contributed by atoms with van der Waals surface area (Å²) in [6, 6.07) is 7.39. The summed E-state index contributed by atoms with van der Waals surface area (Å²) in [5, 5.41) is 16.5. The highest BCUT2D eigenvalue weighted by atomic mass is 35.5. The van der Waals surface area contributed by atoms with Gasteiger partial charge in [-0.1, -0.05) is 17.7 Å². The summed E-state index contributed by atoms with van der Waals surface area (Å²) >= 11 is 7.18. The van der Waals surface area contributed by atoms with Crippen molar-refractivity contribution < 1.29 is 9.72 Å². The highest BCUT2D eigenvalue weighted by Crippen LogP contribution is 2.20. The zero-order valence-electron chi connectivity index (χ0n) is 9.95. The first-order valence-corrected chi connectivity index (χ1v) is 6.64. The summed E-state index contributed by atoms with van der Waals surface area (Å²) in [5.41, 5.74) is 2.58. The van der Waals surface area contributed by atoms with Gasteiger partial charge in [0.1, 0.15) is 0 Å². The number of halogens is 1. The van der Waals surface area contributed by atoms with E-state index < -0.39 is 4.92 Å². The maximum absolute atomic E-state index is 11.6. The summed E-state index contributed by atoms with van der Waals surface area (Å²) in [5.74, 6) is -0.349. The summed E-state index contributed by atoms with van der Waals surface area (Å²) in [6.07, 6.45) is 1.26. The number of carbonyl (C=O) groups excluding carboxylic acids is 1. The minimum Gasteiger partial charge on any atom is -0.266 e. The summed E-state index contributed by atoms with van der Waals surface area (Å²) in [6.45, 7) is 0. The van der Waals surface area contributed by atoms with Crippen LogP contribution < -0.4 is 5.43 Å². The van der Waals surface area contributed by atoms with E-state index in [9.17, 15) is 14.9 Å². The average molecular weight is 310 g/mol. The predicted molar refractivity (Wildman–Crippen MR) is 77.5 cm³/mol. The van der Waals surface area contributed by atoms with Gasteiger partial charge in [0.2, 0.25) is 0 Å². The topological polar surface area (TPSA) is 84.6 Å². The monoisotopic (exact) mass is 309 g/mol. The number of carbonyl (C=O) groups is 1. The van der Waals surface area contributed by atoms with E-state index >= 15 is 0 Å². The van der Waals surface area contributed by atoms with Crippen molar-refractivity contribution >= 4 is 40.7 Å². The zero-order chi connectivity index (χ0) is 14.5. The number of hydrazone groups is 1. The number of nitrogens with zero attached hydrogens (tertiary/aromatic N) is 2. The van der Waals surface area contributed by atoms with Crippen LogP contribution in [0, 0.1) is 10.1 Å². The third kappa shape index (κ3) is 3.40. The van der Waals surface area contributed by atoms with Crippen LogP contribution in [-0.2, 0) is 0 Å². The number of rotatable bonds is 4. The maximum Gasteiger partial charge on any atom is 0.281 e. The lowest BCUT2D eigenvalue weighted by atomic mass is 10.2. The van der Waals surface area contributed by atoms with Crippen molar-refractivity contribution in [2.24, 2.45) is 5.10 Å². The number of non-ortho nitro benzene ring substituents is 1. The molecule has 2 rings (SSSR count). The molecule has 0 atom stereocenters. The second-order valence-electron chi connectivity index (χ2n) is 3.64. The van der Waals surface area contributed by atoms with Crippen molar-refractivity contribution in [2.45, 2.75) is 0 Å². The van der Waals surface area contributed by atoms with Gasteiger partial charge in [-0.25, -0.2) is 5.43 Å². The molecule has 1 heterocycles. The Labute approximate surface area is 122 Å². The van der Waals surface area contributed by atoms with Crippen molar-refractivity contribution in [1.82, 2.24) is 5.43 Å². The molecule has 0 fully saturated rings. The van der Waals surface area contributed by atoms with Crippen molar-refractivity contribution in [1.29, 1.82) is 0 Å². The molecule has 0 aliphatic carbocycles. The third-order valence-electron chi connectivity index (χ3n) is 2.31. The number of amides is 1. The van der Waals surface area contributed by atoms with Gasteiger partial charge in [0.25, 0.3) is 11.6 Å². The molecule has 20 heavy (non-hydrogen) atoms. The molecular formula is C12H8ClN3O3S. The highest BCUT2D eigenvalue weighted by Gasteiger charge is 2.08. The molecule has 1 amide bonds. The van der Waals surface area contributed by atoms with E-state index in [0.29, 0.717) is 15.5 Å². The van der Waals surface area contributed by atoms with E-state index in [1.165, 1.54) is 35.8 Å². The molecule has 2 aromatic rings. The van der Waals surface area contributed by atoms with Crippen LogP contribution in [0.3, 0.4) is 0 Å². The van der Waals surface area contributed by atoms with Gasteiger partial charge in [-0.15, -0.1) is 11.3 Å². The molecule has 1 N–H and O–H groups in total. The third-order valence-corrected chi connectivity index (χ3v) is 3.52. The van der Waals surface area contributed by atoms with Gasteiger partial charge in [0, 0.05) is 22.7 Å². The highest BCUT2D eigenvalue weighted by molar-refractivity contribution is 7.12. The molecule has 102 valence electrons. The number of hydrogen-bond acceptors (Lipinski definition) is 5. The maximum atomic E-state index is 11.6. The van der Waals surface area contributed by atoms with Crippen LogP contribution in [0.5, 0.6) is 0 Å². The van der Waals surface area contributed by atoms with Crippen LogP contribution in [0.25, 0.3) is 0 Å². The van der Waals surface area contributed by atoms with E-state index in [0.717, 1.165) is 0 Å². The van der Waals surface area contributed by atoms with Crippen LogP contribution >= 0.6 is 22.9 Å². The van der Waals surface area contributed by atoms with Crippen LogP contribution in [0.2, 0.25) is 5.02 Å². The largest absolute Gasteiger partial charge is 0.281 e. The van der Waals surface area contributed by atoms with Crippen LogP contribution in [0.1, 0.15) is 15.2 Å².